The van der Waals surface area contributed by atoms with Crippen molar-refractivity contribution in [2.75, 3.05) is 13.2 Å². The molecule has 2 rings (SSSR count). The van der Waals surface area contributed by atoms with Crippen molar-refractivity contribution in [3.05, 3.63) is 24.3 Å². The van der Waals surface area contributed by atoms with E-state index in [1.807, 2.05) is 0 Å². The van der Waals surface area contributed by atoms with Gasteiger partial charge in [0, 0.05) is 5.39 Å². The quantitative estimate of drug-likeness (QED) is 0.123. The third kappa shape index (κ3) is 10.7. The highest BCUT2D eigenvalue weighted by atomic mass is 32.2. The molecule has 38 heavy (non-hydrogen) atoms. The summed E-state index contributed by atoms with van der Waals surface area (Å²) < 4.78 is 80.4. The van der Waals surface area contributed by atoms with Gasteiger partial charge < -0.3 is 9.47 Å². The third-order valence-electron chi connectivity index (χ3n) is 6.53. The monoisotopic (exact) mass is 572 g/mol. The van der Waals surface area contributed by atoms with E-state index < -0.39 is 35.8 Å². The van der Waals surface area contributed by atoms with Crippen LogP contribution in [-0.4, -0.2) is 39.2 Å². The van der Waals surface area contributed by atoms with E-state index in [0.29, 0.717) is 18.8 Å². The molecule has 2 N–H and O–H groups in total. The number of fused-ring (bicyclic) bond motifs is 1. The van der Waals surface area contributed by atoms with Crippen molar-refractivity contribution in [2.24, 2.45) is 0 Å². The molecule has 0 radical (unpaired) electrons. The zero-order valence-corrected chi connectivity index (χ0v) is 24.4. The van der Waals surface area contributed by atoms with E-state index in [1.165, 1.54) is 44.2 Å². The Kier molecular flexibility index (Phi) is 13.8. The minimum Gasteiger partial charge on any atom is -0.494 e. The minimum atomic E-state index is -4.89. The van der Waals surface area contributed by atoms with Crippen molar-refractivity contribution >= 4 is 31.0 Å². The summed E-state index contributed by atoms with van der Waals surface area (Å²) in [6.45, 7) is 4.83. The van der Waals surface area contributed by atoms with Gasteiger partial charge in [0.05, 0.1) is 13.2 Å². The van der Waals surface area contributed by atoms with Crippen LogP contribution in [-0.2, 0) is 20.2 Å². The molecule has 10 heteroatoms. The number of benzene rings is 2. The van der Waals surface area contributed by atoms with Crippen LogP contribution in [0.15, 0.2) is 34.1 Å². The number of ether oxygens (including phenoxy) is 2. The number of hydrogen-bond donors (Lipinski definition) is 2. The minimum absolute atomic E-state index is 0.0456. The molecule has 0 heterocycles. The number of hydrogen-bond acceptors (Lipinski definition) is 6. The van der Waals surface area contributed by atoms with Crippen LogP contribution in [0.2, 0.25) is 0 Å². The molecule has 0 amide bonds. The maximum absolute atomic E-state index is 12.4. The molecule has 0 unspecified atom stereocenters. The second-order valence-electron chi connectivity index (χ2n) is 9.81. The fraction of sp³-hybridized carbons (Fsp3) is 0.643. The van der Waals surface area contributed by atoms with Gasteiger partial charge in [-0.25, -0.2) is 0 Å². The summed E-state index contributed by atoms with van der Waals surface area (Å²) in [5.74, 6) is -0.131. The van der Waals surface area contributed by atoms with Crippen molar-refractivity contribution in [3.63, 3.8) is 0 Å². The van der Waals surface area contributed by atoms with Gasteiger partial charge in [0.25, 0.3) is 20.2 Å². The Balaban J connectivity index is 2.20. The molecule has 0 spiro atoms. The summed E-state index contributed by atoms with van der Waals surface area (Å²) in [5, 5.41) is 0.267. The van der Waals surface area contributed by atoms with Crippen LogP contribution in [0, 0.1) is 0 Å². The molecule has 0 bridgehead atoms. The van der Waals surface area contributed by atoms with Gasteiger partial charge >= 0.3 is 0 Å². The van der Waals surface area contributed by atoms with E-state index in [0.717, 1.165) is 57.4 Å². The Bertz CT molecular complexity index is 1210. The standard InChI is InChI=1S/C28H44O8S2/c1-3-5-7-9-11-13-15-19-35-24-17-18-25-23(21-24)22-26(37(29,30)31)27(28(25)38(32,33)34)36-20-16-14-12-10-8-6-4-2/h17-18,21-22H,3-16,19-20H2,1-2H3,(H,29,30,31)(H,32,33,34). The molecule has 0 aromatic heterocycles. The lowest BCUT2D eigenvalue weighted by molar-refractivity contribution is 0.287. The fourth-order valence-corrected chi connectivity index (χ4v) is 6.07. The maximum atomic E-state index is 12.4. The van der Waals surface area contributed by atoms with E-state index in [2.05, 4.69) is 13.8 Å². The maximum Gasteiger partial charge on any atom is 0.298 e. The van der Waals surface area contributed by atoms with Crippen LogP contribution in [0.4, 0.5) is 0 Å². The van der Waals surface area contributed by atoms with Crippen LogP contribution in [0.5, 0.6) is 11.5 Å². The van der Waals surface area contributed by atoms with Crippen LogP contribution in [0.25, 0.3) is 10.8 Å². The molecule has 0 aliphatic rings. The molecule has 0 fully saturated rings. The first-order chi connectivity index (χ1) is 18.1. The van der Waals surface area contributed by atoms with E-state index in [-0.39, 0.29) is 17.4 Å². The summed E-state index contributed by atoms with van der Waals surface area (Å²) in [6, 6.07) is 5.68. The molecule has 2 aromatic rings. The molecule has 0 saturated heterocycles. The van der Waals surface area contributed by atoms with E-state index in [4.69, 9.17) is 9.47 Å². The van der Waals surface area contributed by atoms with Crippen molar-refractivity contribution in [1.29, 1.82) is 0 Å². The van der Waals surface area contributed by atoms with Crippen LogP contribution in [0.1, 0.15) is 104 Å². The normalized spacial score (nSPS) is 12.2. The molecule has 0 aliphatic heterocycles. The lowest BCUT2D eigenvalue weighted by atomic mass is 10.1. The van der Waals surface area contributed by atoms with Crippen LogP contribution in [0.3, 0.4) is 0 Å². The van der Waals surface area contributed by atoms with Crippen LogP contribution >= 0.6 is 0 Å². The molecule has 216 valence electrons. The highest BCUT2D eigenvalue weighted by Crippen LogP contribution is 2.39. The van der Waals surface area contributed by atoms with Gasteiger partial charge in [-0.15, -0.1) is 0 Å². The Morgan fingerprint density at radius 3 is 1.63 bits per heavy atom. The first-order valence-electron chi connectivity index (χ1n) is 13.9. The Hall–Kier alpha value is -1.88. The van der Waals surface area contributed by atoms with E-state index in [1.54, 1.807) is 6.07 Å². The summed E-state index contributed by atoms with van der Waals surface area (Å²) in [7, 11) is -9.74. The molecule has 0 atom stereocenters. The summed E-state index contributed by atoms with van der Waals surface area (Å²) in [5.41, 5.74) is 0. The first kappa shape index (κ1) is 32.3. The second-order valence-corrected chi connectivity index (χ2v) is 12.6. The van der Waals surface area contributed by atoms with Gasteiger partial charge in [-0.3, -0.25) is 9.11 Å². The average Bonchev–Trinajstić information content (AvgIpc) is 2.85. The van der Waals surface area contributed by atoms with Gasteiger partial charge in [0.2, 0.25) is 0 Å². The van der Waals surface area contributed by atoms with Gasteiger partial charge in [-0.2, -0.15) is 16.8 Å². The largest absolute Gasteiger partial charge is 0.494 e. The van der Waals surface area contributed by atoms with Gasteiger partial charge in [0.15, 0.2) is 5.75 Å². The van der Waals surface area contributed by atoms with Crippen molar-refractivity contribution in [1.82, 2.24) is 0 Å². The van der Waals surface area contributed by atoms with E-state index in [9.17, 15) is 25.9 Å². The summed E-state index contributed by atoms with van der Waals surface area (Å²) >= 11 is 0. The Morgan fingerprint density at radius 2 is 1.13 bits per heavy atom. The lowest BCUT2D eigenvalue weighted by Crippen LogP contribution is -2.11. The third-order valence-corrected chi connectivity index (χ3v) is 8.31. The molecular formula is C28H44O8S2. The second kappa shape index (κ2) is 16.3. The topological polar surface area (TPSA) is 127 Å². The SMILES string of the molecule is CCCCCCCCCOc1ccc2c(S(=O)(=O)O)c(OCCCCCCCCC)c(S(=O)(=O)O)cc2c1. The zero-order valence-electron chi connectivity index (χ0n) is 22.8. The highest BCUT2D eigenvalue weighted by molar-refractivity contribution is 7.87. The van der Waals surface area contributed by atoms with Crippen molar-refractivity contribution in [3.8, 4) is 11.5 Å². The van der Waals surface area contributed by atoms with E-state index >= 15 is 0 Å². The summed E-state index contributed by atoms with van der Waals surface area (Å²) in [6.07, 6.45) is 14.9. The predicted molar refractivity (Wildman–Crippen MR) is 151 cm³/mol. The average molecular weight is 573 g/mol. The molecule has 0 aliphatic carbocycles. The first-order valence-corrected chi connectivity index (χ1v) is 16.8. The number of rotatable bonds is 20. The Morgan fingerprint density at radius 1 is 0.632 bits per heavy atom. The van der Waals surface area contributed by atoms with Crippen molar-refractivity contribution in [2.45, 2.75) is 114 Å². The Labute approximate surface area is 228 Å². The smallest absolute Gasteiger partial charge is 0.298 e. The van der Waals surface area contributed by atoms with Gasteiger partial charge in [-0.1, -0.05) is 90.9 Å². The molecule has 8 nitrogen and oxygen atoms in total. The van der Waals surface area contributed by atoms with Gasteiger partial charge in [-0.05, 0) is 42.5 Å². The molecule has 2 aromatic carbocycles. The molecular weight excluding hydrogens is 528 g/mol. The highest BCUT2D eigenvalue weighted by Gasteiger charge is 2.29. The molecule has 0 saturated carbocycles. The zero-order chi connectivity index (χ0) is 28.0. The number of unbranched alkanes of at least 4 members (excludes halogenated alkanes) is 12. The fourth-order valence-electron chi connectivity index (χ4n) is 4.46. The van der Waals surface area contributed by atoms with Gasteiger partial charge in [0.1, 0.15) is 15.5 Å². The predicted octanol–water partition coefficient (Wildman–Crippen LogP) is 7.59. The summed E-state index contributed by atoms with van der Waals surface area (Å²) in [4.78, 5) is -1.38. The van der Waals surface area contributed by atoms with Crippen molar-refractivity contribution < 1.29 is 35.4 Å². The van der Waals surface area contributed by atoms with Crippen LogP contribution < -0.4 is 9.47 Å². The lowest BCUT2D eigenvalue weighted by Gasteiger charge is -2.16.